The lowest BCUT2D eigenvalue weighted by Gasteiger charge is -2.45. The lowest BCUT2D eigenvalue weighted by molar-refractivity contribution is 0.112. The zero-order valence-corrected chi connectivity index (χ0v) is 15.3. The van der Waals surface area contributed by atoms with Crippen molar-refractivity contribution in [3.05, 3.63) is 64.7 Å². The van der Waals surface area contributed by atoms with Gasteiger partial charge in [0.1, 0.15) is 5.75 Å². The monoisotopic (exact) mass is 343 g/mol. The molecule has 0 spiro atoms. The Hall–Kier alpha value is -1.51. The largest absolute Gasteiger partial charge is 0.508 e. The van der Waals surface area contributed by atoms with E-state index in [1.165, 1.54) is 11.1 Å². The average molecular weight is 344 g/mol. The van der Waals surface area contributed by atoms with Gasteiger partial charge in [0.25, 0.3) is 0 Å². The first-order valence-electron chi connectivity index (χ1n) is 8.74. The van der Waals surface area contributed by atoms with Crippen molar-refractivity contribution in [1.29, 1.82) is 0 Å². The van der Waals surface area contributed by atoms with Crippen LogP contribution in [0.15, 0.2) is 48.5 Å². The number of piperidine rings is 1. The third-order valence-electron chi connectivity index (χ3n) is 5.70. The molecule has 1 N–H and O–H groups in total. The number of likely N-dealkylation sites (tertiary alicyclic amines) is 1. The molecule has 1 heterocycles. The molecule has 128 valence electrons. The van der Waals surface area contributed by atoms with E-state index in [2.05, 4.69) is 36.9 Å². The summed E-state index contributed by atoms with van der Waals surface area (Å²) in [7, 11) is 0. The summed E-state index contributed by atoms with van der Waals surface area (Å²) in [5, 5.41) is 10.6. The zero-order valence-electron chi connectivity index (χ0n) is 14.5. The first kappa shape index (κ1) is 17.3. The van der Waals surface area contributed by atoms with Crippen LogP contribution in [-0.4, -0.2) is 29.6 Å². The Bertz CT molecular complexity index is 684. The van der Waals surface area contributed by atoms with Crippen molar-refractivity contribution in [2.45, 2.75) is 32.1 Å². The molecule has 2 aromatic rings. The van der Waals surface area contributed by atoms with Crippen molar-refractivity contribution in [3.8, 4) is 5.75 Å². The van der Waals surface area contributed by atoms with Gasteiger partial charge in [-0.15, -0.1) is 0 Å². The number of benzene rings is 2. The van der Waals surface area contributed by atoms with Gasteiger partial charge in [0.15, 0.2) is 0 Å². The van der Waals surface area contributed by atoms with Crippen LogP contribution in [0.4, 0.5) is 0 Å². The summed E-state index contributed by atoms with van der Waals surface area (Å²) < 4.78 is 0. The van der Waals surface area contributed by atoms with E-state index in [0.717, 1.165) is 37.5 Å². The summed E-state index contributed by atoms with van der Waals surface area (Å²) in [4.78, 5) is 2.56. The predicted octanol–water partition coefficient (Wildman–Crippen LogP) is 4.89. The normalized spacial score (nSPS) is 24.9. The van der Waals surface area contributed by atoms with Gasteiger partial charge in [-0.05, 0) is 66.1 Å². The molecule has 2 unspecified atom stereocenters. The number of nitrogens with zero attached hydrogens (tertiary/aromatic N) is 1. The van der Waals surface area contributed by atoms with Gasteiger partial charge >= 0.3 is 0 Å². The summed E-state index contributed by atoms with van der Waals surface area (Å²) in [5.74, 6) is 0.921. The van der Waals surface area contributed by atoms with Crippen molar-refractivity contribution in [1.82, 2.24) is 4.90 Å². The van der Waals surface area contributed by atoms with E-state index in [0.29, 0.717) is 11.7 Å². The molecule has 2 aromatic carbocycles. The van der Waals surface area contributed by atoms with Crippen molar-refractivity contribution in [3.63, 3.8) is 0 Å². The van der Waals surface area contributed by atoms with E-state index in [-0.39, 0.29) is 5.41 Å². The summed E-state index contributed by atoms with van der Waals surface area (Å²) in [6, 6.07) is 16.0. The Morgan fingerprint density at radius 2 is 1.96 bits per heavy atom. The van der Waals surface area contributed by atoms with Crippen LogP contribution in [0.2, 0.25) is 5.02 Å². The molecule has 3 heteroatoms. The molecule has 0 aromatic heterocycles. The van der Waals surface area contributed by atoms with E-state index >= 15 is 0 Å². The first-order chi connectivity index (χ1) is 11.5. The fraction of sp³-hybridized carbons (Fsp3) is 0.429. The van der Waals surface area contributed by atoms with Crippen molar-refractivity contribution in [2.24, 2.45) is 5.92 Å². The molecule has 1 aliphatic heterocycles. The van der Waals surface area contributed by atoms with Crippen LogP contribution in [0.1, 0.15) is 31.4 Å². The minimum absolute atomic E-state index is 0.134. The molecule has 0 radical (unpaired) electrons. The highest BCUT2D eigenvalue weighted by Crippen LogP contribution is 2.40. The van der Waals surface area contributed by atoms with Gasteiger partial charge in [-0.25, -0.2) is 0 Å². The first-order valence-corrected chi connectivity index (χ1v) is 9.11. The lowest BCUT2D eigenvalue weighted by atomic mass is 9.68. The van der Waals surface area contributed by atoms with E-state index in [1.807, 2.05) is 24.3 Å². The van der Waals surface area contributed by atoms with Crippen LogP contribution in [0.3, 0.4) is 0 Å². The van der Waals surface area contributed by atoms with Crippen molar-refractivity contribution >= 4 is 11.6 Å². The summed E-state index contributed by atoms with van der Waals surface area (Å²) in [6.45, 7) is 7.95. The number of phenols is 1. The van der Waals surface area contributed by atoms with Crippen LogP contribution in [0.25, 0.3) is 0 Å². The molecule has 0 saturated carbocycles. The van der Waals surface area contributed by atoms with Crippen LogP contribution in [-0.2, 0) is 11.8 Å². The van der Waals surface area contributed by atoms with Gasteiger partial charge < -0.3 is 10.0 Å². The zero-order chi connectivity index (χ0) is 17.2. The topological polar surface area (TPSA) is 23.5 Å². The summed E-state index contributed by atoms with van der Waals surface area (Å²) in [5.41, 5.74) is 2.73. The number of aromatic hydroxyl groups is 1. The summed E-state index contributed by atoms with van der Waals surface area (Å²) in [6.07, 6.45) is 2.19. The molecule has 0 aliphatic carbocycles. The molecule has 0 bridgehead atoms. The van der Waals surface area contributed by atoms with Gasteiger partial charge in [0.2, 0.25) is 0 Å². The van der Waals surface area contributed by atoms with Gasteiger partial charge in [-0.2, -0.15) is 0 Å². The fourth-order valence-electron chi connectivity index (χ4n) is 3.75. The Morgan fingerprint density at radius 3 is 2.62 bits per heavy atom. The number of hydrogen-bond acceptors (Lipinski definition) is 2. The van der Waals surface area contributed by atoms with Crippen LogP contribution >= 0.6 is 11.6 Å². The number of hydrogen-bond donors (Lipinski definition) is 1. The van der Waals surface area contributed by atoms with Crippen LogP contribution in [0, 0.1) is 5.92 Å². The molecular formula is C21H26ClNO. The second kappa shape index (κ2) is 7.16. The van der Waals surface area contributed by atoms with Crippen molar-refractivity contribution in [2.75, 3.05) is 19.6 Å². The van der Waals surface area contributed by atoms with Crippen LogP contribution in [0.5, 0.6) is 5.75 Å². The minimum atomic E-state index is 0.134. The molecule has 1 aliphatic rings. The van der Waals surface area contributed by atoms with E-state index in [4.69, 9.17) is 11.6 Å². The molecule has 24 heavy (non-hydrogen) atoms. The van der Waals surface area contributed by atoms with E-state index in [9.17, 15) is 5.11 Å². The predicted molar refractivity (Wildman–Crippen MR) is 101 cm³/mol. The molecule has 1 fully saturated rings. The fourth-order valence-corrected chi connectivity index (χ4v) is 3.87. The maximum atomic E-state index is 9.81. The molecule has 3 rings (SSSR count). The second-order valence-electron chi connectivity index (χ2n) is 7.30. The Balaban J connectivity index is 1.61. The number of phenolic OH excluding ortho intramolecular Hbond substituents is 1. The van der Waals surface area contributed by atoms with Gasteiger partial charge in [-0.3, -0.25) is 0 Å². The van der Waals surface area contributed by atoms with Gasteiger partial charge in [-0.1, -0.05) is 49.7 Å². The van der Waals surface area contributed by atoms with Crippen molar-refractivity contribution < 1.29 is 5.11 Å². The van der Waals surface area contributed by atoms with Gasteiger partial charge in [0, 0.05) is 18.1 Å². The molecule has 2 atom stereocenters. The maximum absolute atomic E-state index is 9.81. The molecule has 0 amide bonds. The van der Waals surface area contributed by atoms with Gasteiger partial charge in [0.05, 0.1) is 0 Å². The smallest absolute Gasteiger partial charge is 0.115 e. The highest BCUT2D eigenvalue weighted by molar-refractivity contribution is 6.30. The Labute approximate surface area is 150 Å². The third-order valence-corrected chi connectivity index (χ3v) is 5.95. The number of halogens is 1. The maximum Gasteiger partial charge on any atom is 0.115 e. The second-order valence-corrected chi connectivity index (χ2v) is 7.73. The third kappa shape index (κ3) is 3.76. The lowest BCUT2D eigenvalue weighted by Crippen LogP contribution is -2.47. The van der Waals surface area contributed by atoms with E-state index < -0.39 is 0 Å². The van der Waals surface area contributed by atoms with Crippen LogP contribution < -0.4 is 0 Å². The quantitative estimate of drug-likeness (QED) is 0.854. The number of rotatable bonds is 4. The molecular weight excluding hydrogens is 318 g/mol. The van der Waals surface area contributed by atoms with E-state index in [1.54, 1.807) is 6.07 Å². The summed E-state index contributed by atoms with van der Waals surface area (Å²) >= 11 is 5.95. The average Bonchev–Trinajstić information content (AvgIpc) is 2.57. The SMILES string of the molecule is CC1CN(CCc2ccc(Cl)cc2)CCC1(C)c1cccc(O)c1. The standard InChI is InChI=1S/C21H26ClNO/c1-16-15-23(12-10-17-6-8-19(22)9-7-17)13-11-21(16,2)18-4-3-5-20(24)14-18/h3-9,14,16,24H,10-13,15H2,1-2H3. The highest BCUT2D eigenvalue weighted by Gasteiger charge is 2.37. The highest BCUT2D eigenvalue weighted by atomic mass is 35.5. The molecule has 1 saturated heterocycles. The minimum Gasteiger partial charge on any atom is -0.508 e. The Morgan fingerprint density at radius 1 is 1.21 bits per heavy atom. The molecule has 2 nitrogen and oxygen atoms in total. The Kier molecular flexibility index (Phi) is 5.17.